The molecule has 0 saturated carbocycles. The fraction of sp³-hybridized carbons (Fsp3) is 0.250. The number of hydrogen-bond donors (Lipinski definition) is 1. The van der Waals surface area contributed by atoms with Crippen LogP contribution in [-0.2, 0) is 9.59 Å². The molecule has 0 spiro atoms. The zero-order chi connectivity index (χ0) is 19.6. The van der Waals surface area contributed by atoms with E-state index in [-0.39, 0.29) is 18.2 Å². The first kappa shape index (κ1) is 19.5. The van der Waals surface area contributed by atoms with Gasteiger partial charge in [-0.05, 0) is 43.7 Å². The predicted molar refractivity (Wildman–Crippen MR) is 112 cm³/mol. The molecule has 5 nitrogen and oxygen atoms in total. The summed E-state index contributed by atoms with van der Waals surface area (Å²) in [5.74, 6) is -0.323. The highest BCUT2D eigenvalue weighted by Gasteiger charge is 2.37. The van der Waals surface area contributed by atoms with Gasteiger partial charge in [0.1, 0.15) is 5.25 Å². The van der Waals surface area contributed by atoms with E-state index >= 15 is 0 Å². The maximum atomic E-state index is 12.5. The van der Waals surface area contributed by atoms with E-state index in [2.05, 4.69) is 10.3 Å². The number of anilines is 1. The molecule has 1 heterocycles. The third-order valence-corrected chi connectivity index (χ3v) is 5.70. The smallest absolute Gasteiger partial charge is 0.242 e. The monoisotopic (exact) mass is 401 g/mol. The van der Waals surface area contributed by atoms with Gasteiger partial charge >= 0.3 is 0 Å². The van der Waals surface area contributed by atoms with Crippen molar-refractivity contribution in [1.82, 2.24) is 4.90 Å². The van der Waals surface area contributed by atoms with E-state index in [1.807, 2.05) is 44.2 Å². The van der Waals surface area contributed by atoms with Gasteiger partial charge < -0.3 is 5.32 Å². The van der Waals surface area contributed by atoms with Crippen LogP contribution in [0.25, 0.3) is 0 Å². The Hall–Kier alpha value is -2.31. The molecule has 1 N–H and O–H groups in total. The van der Waals surface area contributed by atoms with Crippen molar-refractivity contribution in [1.29, 1.82) is 0 Å². The summed E-state index contributed by atoms with van der Waals surface area (Å²) in [4.78, 5) is 30.9. The standard InChI is InChI=1S/C20H20ClN3O2S/c1-12-4-8-15(9-5-12)22-18(25)11-17-19(26)24(3)20(27-17)23-16-10-14(21)7-6-13(16)2/h4-10,17H,11H2,1-3H3,(H,22,25)/t17-/m1/s1. The summed E-state index contributed by atoms with van der Waals surface area (Å²) >= 11 is 7.34. The molecule has 0 radical (unpaired) electrons. The van der Waals surface area contributed by atoms with Gasteiger partial charge in [0.15, 0.2) is 5.17 Å². The van der Waals surface area contributed by atoms with Crippen LogP contribution in [0.4, 0.5) is 11.4 Å². The first-order valence-corrected chi connectivity index (χ1v) is 9.75. The zero-order valence-electron chi connectivity index (χ0n) is 15.3. The molecule has 7 heteroatoms. The average Bonchev–Trinajstić information content (AvgIpc) is 2.88. The second kappa shape index (κ2) is 8.15. The zero-order valence-corrected chi connectivity index (χ0v) is 16.9. The minimum Gasteiger partial charge on any atom is -0.326 e. The molecular weight excluding hydrogens is 382 g/mol. The molecule has 1 atom stereocenters. The van der Waals surface area contributed by atoms with E-state index in [4.69, 9.17) is 11.6 Å². The molecule has 3 rings (SSSR count). The third-order valence-electron chi connectivity index (χ3n) is 4.23. The number of carbonyl (C=O) groups excluding carboxylic acids is 2. The highest BCUT2D eigenvalue weighted by atomic mass is 35.5. The van der Waals surface area contributed by atoms with Crippen LogP contribution in [0.3, 0.4) is 0 Å². The Kier molecular flexibility index (Phi) is 5.87. The number of carbonyl (C=O) groups is 2. The number of amides is 2. The van der Waals surface area contributed by atoms with E-state index in [1.54, 1.807) is 19.2 Å². The van der Waals surface area contributed by atoms with Crippen LogP contribution in [0.1, 0.15) is 17.5 Å². The molecule has 1 aliphatic heterocycles. The van der Waals surface area contributed by atoms with Crippen molar-refractivity contribution in [2.24, 2.45) is 4.99 Å². The van der Waals surface area contributed by atoms with Gasteiger partial charge in [0, 0.05) is 24.2 Å². The lowest BCUT2D eigenvalue weighted by Gasteiger charge is -2.10. The third kappa shape index (κ3) is 4.70. The minimum atomic E-state index is -0.487. The van der Waals surface area contributed by atoms with E-state index in [1.165, 1.54) is 16.7 Å². The lowest BCUT2D eigenvalue weighted by atomic mass is 10.2. The van der Waals surface area contributed by atoms with Gasteiger partial charge in [0.25, 0.3) is 0 Å². The normalized spacial score (nSPS) is 18.2. The molecule has 2 aromatic carbocycles. The molecular formula is C20H20ClN3O2S. The molecule has 1 fully saturated rings. The van der Waals surface area contributed by atoms with Gasteiger partial charge in [-0.3, -0.25) is 14.5 Å². The summed E-state index contributed by atoms with van der Waals surface area (Å²) in [6, 6.07) is 13.0. The van der Waals surface area contributed by atoms with Gasteiger partial charge in [-0.1, -0.05) is 47.1 Å². The number of thioether (sulfide) groups is 1. The summed E-state index contributed by atoms with van der Waals surface area (Å²) in [6.07, 6.45) is 0.0925. The molecule has 1 saturated heterocycles. The molecule has 0 aliphatic carbocycles. The van der Waals surface area contributed by atoms with E-state index < -0.39 is 5.25 Å². The van der Waals surface area contributed by atoms with E-state index in [0.29, 0.717) is 10.2 Å². The number of aliphatic imine (C=N–C) groups is 1. The number of hydrogen-bond acceptors (Lipinski definition) is 4. The van der Waals surface area contributed by atoms with Gasteiger partial charge in [0.05, 0.1) is 5.69 Å². The molecule has 140 valence electrons. The van der Waals surface area contributed by atoms with Crippen LogP contribution in [0, 0.1) is 13.8 Å². The average molecular weight is 402 g/mol. The lowest BCUT2D eigenvalue weighted by Crippen LogP contribution is -2.30. The molecule has 0 unspecified atom stereocenters. The second-order valence-corrected chi connectivity index (χ2v) is 8.05. The lowest BCUT2D eigenvalue weighted by molar-refractivity contribution is -0.127. The number of benzene rings is 2. The number of amidine groups is 1. The van der Waals surface area contributed by atoms with Crippen molar-refractivity contribution in [2.45, 2.75) is 25.5 Å². The minimum absolute atomic E-state index is 0.0925. The Morgan fingerprint density at radius 3 is 2.63 bits per heavy atom. The number of nitrogens with zero attached hydrogens (tertiary/aromatic N) is 2. The fourth-order valence-electron chi connectivity index (χ4n) is 2.62. The molecule has 2 amide bonds. The van der Waals surface area contributed by atoms with Crippen molar-refractivity contribution in [3.63, 3.8) is 0 Å². The van der Waals surface area contributed by atoms with Gasteiger partial charge in [0.2, 0.25) is 11.8 Å². The summed E-state index contributed by atoms with van der Waals surface area (Å²) in [5.41, 5.74) is 3.52. The maximum absolute atomic E-state index is 12.5. The van der Waals surface area contributed by atoms with E-state index in [9.17, 15) is 9.59 Å². The molecule has 1 aliphatic rings. The Labute approximate surface area is 167 Å². The number of rotatable bonds is 4. The molecule has 0 aromatic heterocycles. The van der Waals surface area contributed by atoms with Crippen LogP contribution < -0.4 is 5.32 Å². The van der Waals surface area contributed by atoms with E-state index in [0.717, 1.165) is 22.5 Å². The molecule has 0 bridgehead atoms. The van der Waals surface area contributed by atoms with Crippen LogP contribution in [0.5, 0.6) is 0 Å². The first-order valence-electron chi connectivity index (χ1n) is 8.49. The first-order chi connectivity index (χ1) is 12.8. The number of aryl methyl sites for hydroxylation is 2. The summed E-state index contributed by atoms with van der Waals surface area (Å²) in [6.45, 7) is 3.92. The van der Waals surface area contributed by atoms with Crippen molar-refractivity contribution < 1.29 is 9.59 Å². The maximum Gasteiger partial charge on any atom is 0.242 e. The van der Waals surface area contributed by atoms with Crippen LogP contribution in [0.15, 0.2) is 47.5 Å². The van der Waals surface area contributed by atoms with Gasteiger partial charge in [-0.15, -0.1) is 0 Å². The number of nitrogens with one attached hydrogen (secondary N) is 1. The topological polar surface area (TPSA) is 61.8 Å². The number of halogens is 1. The summed E-state index contributed by atoms with van der Waals surface area (Å²) < 4.78 is 0. The largest absolute Gasteiger partial charge is 0.326 e. The summed E-state index contributed by atoms with van der Waals surface area (Å²) in [7, 11) is 1.67. The fourth-order valence-corrected chi connectivity index (χ4v) is 3.93. The van der Waals surface area contributed by atoms with Crippen LogP contribution in [-0.4, -0.2) is 34.2 Å². The highest BCUT2D eigenvalue weighted by molar-refractivity contribution is 8.15. The van der Waals surface area contributed by atoms with Crippen molar-refractivity contribution in [3.8, 4) is 0 Å². The quantitative estimate of drug-likeness (QED) is 0.817. The van der Waals surface area contributed by atoms with Gasteiger partial charge in [-0.25, -0.2) is 4.99 Å². The van der Waals surface area contributed by atoms with Crippen molar-refractivity contribution in [3.05, 3.63) is 58.6 Å². The Balaban J connectivity index is 1.70. The van der Waals surface area contributed by atoms with Crippen LogP contribution >= 0.6 is 23.4 Å². The second-order valence-electron chi connectivity index (χ2n) is 6.45. The summed E-state index contributed by atoms with van der Waals surface area (Å²) in [5, 5.41) is 3.50. The molecule has 2 aromatic rings. The molecule has 27 heavy (non-hydrogen) atoms. The van der Waals surface area contributed by atoms with Crippen LogP contribution in [0.2, 0.25) is 5.02 Å². The van der Waals surface area contributed by atoms with Gasteiger partial charge in [-0.2, -0.15) is 0 Å². The predicted octanol–water partition coefficient (Wildman–Crippen LogP) is 4.55. The Morgan fingerprint density at radius 2 is 1.93 bits per heavy atom. The van der Waals surface area contributed by atoms with Crippen molar-refractivity contribution >= 4 is 51.7 Å². The SMILES string of the molecule is Cc1ccc(NC(=O)C[C@H]2SC(=Nc3cc(Cl)ccc3C)N(C)C2=O)cc1. The highest BCUT2D eigenvalue weighted by Crippen LogP contribution is 2.32. The van der Waals surface area contributed by atoms with Crippen molar-refractivity contribution in [2.75, 3.05) is 12.4 Å². The Morgan fingerprint density at radius 1 is 1.22 bits per heavy atom. The Bertz CT molecular complexity index is 912.